The predicted octanol–water partition coefficient (Wildman–Crippen LogP) is 1.98. The Bertz CT molecular complexity index is 776. The van der Waals surface area contributed by atoms with E-state index in [4.69, 9.17) is 11.6 Å². The third-order valence-electron chi connectivity index (χ3n) is 2.73. The van der Waals surface area contributed by atoms with Gasteiger partial charge in [-0.15, -0.1) is 0 Å². The van der Waals surface area contributed by atoms with E-state index in [1.54, 1.807) is 7.05 Å². The van der Waals surface area contributed by atoms with Crippen LogP contribution in [0.1, 0.15) is 0 Å². The van der Waals surface area contributed by atoms with E-state index < -0.39 is 0 Å². The van der Waals surface area contributed by atoms with E-state index in [1.807, 2.05) is 30.3 Å². The zero-order chi connectivity index (χ0) is 12.7. The summed E-state index contributed by atoms with van der Waals surface area (Å²) in [4.78, 5) is 23.3. The van der Waals surface area contributed by atoms with Crippen LogP contribution in [0.15, 0.2) is 35.1 Å². The van der Waals surface area contributed by atoms with Gasteiger partial charge < -0.3 is 4.98 Å². The number of nitrogens with zero attached hydrogens (tertiary/aromatic N) is 3. The largest absolute Gasteiger partial charge is 0.332 e. The van der Waals surface area contributed by atoms with Gasteiger partial charge in [0.1, 0.15) is 5.82 Å². The predicted molar refractivity (Wildman–Crippen MR) is 69.6 cm³/mol. The second kappa shape index (κ2) is 3.96. The van der Waals surface area contributed by atoms with Crippen molar-refractivity contribution in [3.05, 3.63) is 46.0 Å². The van der Waals surface area contributed by atoms with Crippen molar-refractivity contribution in [1.29, 1.82) is 0 Å². The lowest BCUT2D eigenvalue weighted by molar-refractivity contribution is 0.841. The quantitative estimate of drug-likeness (QED) is 0.681. The number of rotatable bonds is 1. The number of hydrogen-bond donors (Lipinski definition) is 1. The van der Waals surface area contributed by atoms with Gasteiger partial charge in [0, 0.05) is 12.6 Å². The van der Waals surface area contributed by atoms with Crippen molar-refractivity contribution < 1.29 is 0 Å². The molecule has 1 aromatic carbocycles. The van der Waals surface area contributed by atoms with E-state index >= 15 is 0 Å². The van der Waals surface area contributed by atoms with E-state index in [1.165, 1.54) is 4.57 Å². The Balaban J connectivity index is 2.30. The molecule has 0 fully saturated rings. The number of aromatic nitrogens is 4. The van der Waals surface area contributed by atoms with Crippen molar-refractivity contribution in [3.63, 3.8) is 0 Å². The molecule has 0 saturated heterocycles. The molecule has 2 aromatic heterocycles. The van der Waals surface area contributed by atoms with E-state index in [0.29, 0.717) is 17.0 Å². The molecule has 6 heteroatoms. The lowest BCUT2D eigenvalue weighted by atomic mass is 10.2. The molecule has 0 spiro atoms. The van der Waals surface area contributed by atoms with Crippen LogP contribution in [0.4, 0.5) is 0 Å². The average Bonchev–Trinajstić information content (AvgIpc) is 2.81. The molecule has 18 heavy (non-hydrogen) atoms. The third-order valence-corrected chi connectivity index (χ3v) is 3.06. The Labute approximate surface area is 107 Å². The highest BCUT2D eigenvalue weighted by Crippen LogP contribution is 2.17. The van der Waals surface area contributed by atoms with Gasteiger partial charge in [0.25, 0.3) is 5.56 Å². The normalized spacial score (nSPS) is 11.0. The molecule has 0 atom stereocenters. The number of benzene rings is 1. The molecule has 0 radical (unpaired) electrons. The molecule has 0 unspecified atom stereocenters. The van der Waals surface area contributed by atoms with Crippen molar-refractivity contribution >= 4 is 22.8 Å². The van der Waals surface area contributed by atoms with Crippen LogP contribution in [0, 0.1) is 0 Å². The standard InChI is InChI=1S/C12H9ClN4O/c1-17-11(18)8-10(16-12(17)13)15-9(14-8)7-5-3-2-4-6-7/h2-6H,1H3,(H,14,15). The minimum absolute atomic E-state index is 0.124. The fourth-order valence-corrected chi connectivity index (χ4v) is 1.90. The van der Waals surface area contributed by atoms with Crippen LogP contribution in [-0.2, 0) is 7.05 Å². The van der Waals surface area contributed by atoms with Crippen LogP contribution in [0.5, 0.6) is 0 Å². The third kappa shape index (κ3) is 1.60. The lowest BCUT2D eigenvalue weighted by Crippen LogP contribution is -2.18. The maximum atomic E-state index is 12.0. The molecular weight excluding hydrogens is 252 g/mol. The molecule has 0 saturated carbocycles. The Kier molecular flexibility index (Phi) is 2.41. The Morgan fingerprint density at radius 2 is 1.94 bits per heavy atom. The number of fused-ring (bicyclic) bond motifs is 1. The highest BCUT2D eigenvalue weighted by Gasteiger charge is 2.12. The molecule has 5 nitrogen and oxygen atoms in total. The van der Waals surface area contributed by atoms with Crippen LogP contribution in [0.3, 0.4) is 0 Å². The first-order chi connectivity index (χ1) is 8.66. The highest BCUT2D eigenvalue weighted by molar-refractivity contribution is 6.28. The van der Waals surface area contributed by atoms with Gasteiger partial charge >= 0.3 is 0 Å². The van der Waals surface area contributed by atoms with Crippen molar-refractivity contribution in [3.8, 4) is 11.4 Å². The summed E-state index contributed by atoms with van der Waals surface area (Å²) in [5, 5.41) is 0.124. The van der Waals surface area contributed by atoms with Gasteiger partial charge in [-0.2, -0.15) is 4.98 Å². The topological polar surface area (TPSA) is 63.6 Å². The van der Waals surface area contributed by atoms with Gasteiger partial charge in [-0.3, -0.25) is 9.36 Å². The van der Waals surface area contributed by atoms with Crippen LogP contribution in [0.25, 0.3) is 22.6 Å². The summed E-state index contributed by atoms with van der Waals surface area (Å²) in [5.41, 5.74) is 1.36. The van der Waals surface area contributed by atoms with Crippen molar-refractivity contribution in [2.45, 2.75) is 0 Å². The van der Waals surface area contributed by atoms with Gasteiger partial charge in [-0.1, -0.05) is 30.3 Å². The number of H-pyrrole nitrogens is 1. The van der Waals surface area contributed by atoms with Crippen LogP contribution >= 0.6 is 11.6 Å². The van der Waals surface area contributed by atoms with Crippen LogP contribution in [-0.4, -0.2) is 19.5 Å². The minimum atomic E-state index is -0.236. The first-order valence-corrected chi connectivity index (χ1v) is 5.72. The van der Waals surface area contributed by atoms with Crippen LogP contribution in [0.2, 0.25) is 5.28 Å². The molecule has 0 amide bonds. The van der Waals surface area contributed by atoms with Crippen LogP contribution < -0.4 is 5.56 Å². The maximum absolute atomic E-state index is 12.0. The monoisotopic (exact) mass is 260 g/mol. The molecule has 0 aliphatic rings. The summed E-state index contributed by atoms with van der Waals surface area (Å²) in [6.45, 7) is 0. The molecular formula is C12H9ClN4O. The van der Waals surface area contributed by atoms with Crippen molar-refractivity contribution in [2.75, 3.05) is 0 Å². The Morgan fingerprint density at radius 3 is 2.67 bits per heavy atom. The Hall–Kier alpha value is -2.14. The molecule has 0 bridgehead atoms. The summed E-state index contributed by atoms with van der Waals surface area (Å²) in [6, 6.07) is 9.54. The number of imidazole rings is 1. The van der Waals surface area contributed by atoms with E-state index in [-0.39, 0.29) is 10.8 Å². The maximum Gasteiger partial charge on any atom is 0.280 e. The second-order valence-corrected chi connectivity index (χ2v) is 4.23. The number of hydrogen-bond acceptors (Lipinski definition) is 3. The molecule has 0 aliphatic heterocycles. The first-order valence-electron chi connectivity index (χ1n) is 5.34. The zero-order valence-electron chi connectivity index (χ0n) is 9.51. The summed E-state index contributed by atoms with van der Waals surface area (Å²) >= 11 is 5.85. The number of halogens is 1. The molecule has 3 aromatic rings. The molecule has 2 heterocycles. The van der Waals surface area contributed by atoms with Gasteiger partial charge in [-0.05, 0) is 11.6 Å². The Morgan fingerprint density at radius 1 is 1.22 bits per heavy atom. The molecule has 3 rings (SSSR count). The van der Waals surface area contributed by atoms with E-state index in [0.717, 1.165) is 5.56 Å². The summed E-state index contributed by atoms with van der Waals surface area (Å²) < 4.78 is 1.27. The average molecular weight is 261 g/mol. The molecule has 1 N–H and O–H groups in total. The summed E-state index contributed by atoms with van der Waals surface area (Å²) in [6.07, 6.45) is 0. The van der Waals surface area contributed by atoms with Crippen molar-refractivity contribution in [1.82, 2.24) is 19.5 Å². The van der Waals surface area contributed by atoms with E-state index in [9.17, 15) is 4.79 Å². The van der Waals surface area contributed by atoms with Gasteiger partial charge in [-0.25, -0.2) is 4.98 Å². The molecule has 0 aliphatic carbocycles. The number of aromatic amines is 1. The number of nitrogens with one attached hydrogen (secondary N) is 1. The molecule has 90 valence electrons. The fraction of sp³-hybridized carbons (Fsp3) is 0.0833. The summed E-state index contributed by atoms with van der Waals surface area (Å²) in [5.74, 6) is 0.609. The SMILES string of the molecule is Cn1c(Cl)nc2nc(-c3ccccc3)[nH]c2c1=O. The fourth-order valence-electron chi connectivity index (χ4n) is 1.74. The summed E-state index contributed by atoms with van der Waals surface area (Å²) in [7, 11) is 1.57. The highest BCUT2D eigenvalue weighted by atomic mass is 35.5. The smallest absolute Gasteiger partial charge is 0.280 e. The zero-order valence-corrected chi connectivity index (χ0v) is 10.3. The second-order valence-electron chi connectivity index (χ2n) is 3.90. The van der Waals surface area contributed by atoms with Gasteiger partial charge in [0.2, 0.25) is 5.28 Å². The first kappa shape index (κ1) is 11.0. The van der Waals surface area contributed by atoms with E-state index in [2.05, 4.69) is 15.0 Å². The lowest BCUT2D eigenvalue weighted by Gasteiger charge is -1.97. The van der Waals surface area contributed by atoms with Crippen molar-refractivity contribution in [2.24, 2.45) is 7.05 Å². The van der Waals surface area contributed by atoms with Gasteiger partial charge in [0.05, 0.1) is 0 Å². The van der Waals surface area contributed by atoms with Gasteiger partial charge in [0.15, 0.2) is 11.2 Å². The minimum Gasteiger partial charge on any atom is -0.332 e.